The van der Waals surface area contributed by atoms with Crippen molar-refractivity contribution in [1.82, 2.24) is 9.88 Å². The zero-order valence-electron chi connectivity index (χ0n) is 17.9. The maximum Gasteiger partial charge on any atom is 0.226 e. The Labute approximate surface area is 186 Å². The highest BCUT2D eigenvalue weighted by molar-refractivity contribution is 7.14. The third kappa shape index (κ3) is 5.43. The van der Waals surface area contributed by atoms with Gasteiger partial charge in [0.2, 0.25) is 11.8 Å². The van der Waals surface area contributed by atoms with Gasteiger partial charge >= 0.3 is 0 Å². The second kappa shape index (κ2) is 9.78. The number of methoxy groups -OCH3 is 1. The molecule has 0 unspecified atom stereocenters. The molecule has 31 heavy (non-hydrogen) atoms. The van der Waals surface area contributed by atoms with Crippen LogP contribution in [0.5, 0.6) is 5.75 Å². The van der Waals surface area contributed by atoms with Crippen molar-refractivity contribution >= 4 is 28.3 Å². The van der Waals surface area contributed by atoms with E-state index in [0.29, 0.717) is 44.3 Å². The highest BCUT2D eigenvalue weighted by atomic mass is 32.1. The predicted molar refractivity (Wildman–Crippen MR) is 120 cm³/mol. The number of anilines is 1. The van der Waals surface area contributed by atoms with Crippen LogP contribution in [0.1, 0.15) is 38.5 Å². The molecule has 1 aliphatic carbocycles. The summed E-state index contributed by atoms with van der Waals surface area (Å²) in [6, 6.07) is 7.68. The molecule has 1 saturated carbocycles. The SMILES string of the molecule is COc1ccc(-c2csc(NC(=O)CC3(CC(=O)N4CCOCC4)CCCC3)n2)cc1. The Morgan fingerprint density at radius 2 is 1.87 bits per heavy atom. The maximum absolute atomic E-state index is 12.9. The van der Waals surface area contributed by atoms with Gasteiger partial charge in [-0.05, 0) is 42.5 Å². The molecular weight excluding hydrogens is 414 g/mol. The lowest BCUT2D eigenvalue weighted by molar-refractivity contribution is -0.138. The van der Waals surface area contributed by atoms with Gasteiger partial charge in [-0.25, -0.2) is 4.98 Å². The molecule has 2 amide bonds. The van der Waals surface area contributed by atoms with E-state index in [9.17, 15) is 9.59 Å². The zero-order valence-corrected chi connectivity index (χ0v) is 18.7. The lowest BCUT2D eigenvalue weighted by Crippen LogP contribution is -2.43. The minimum Gasteiger partial charge on any atom is -0.497 e. The highest BCUT2D eigenvalue weighted by Crippen LogP contribution is 2.44. The van der Waals surface area contributed by atoms with E-state index in [-0.39, 0.29) is 17.2 Å². The van der Waals surface area contributed by atoms with Crippen LogP contribution >= 0.6 is 11.3 Å². The van der Waals surface area contributed by atoms with Crippen molar-refractivity contribution in [3.63, 3.8) is 0 Å². The van der Waals surface area contributed by atoms with Gasteiger partial charge in [-0.15, -0.1) is 11.3 Å². The van der Waals surface area contributed by atoms with Gasteiger partial charge < -0.3 is 19.7 Å². The van der Waals surface area contributed by atoms with Crippen LogP contribution in [-0.2, 0) is 14.3 Å². The van der Waals surface area contributed by atoms with Gasteiger partial charge in [0, 0.05) is 36.9 Å². The largest absolute Gasteiger partial charge is 0.497 e. The topological polar surface area (TPSA) is 80.8 Å². The molecule has 1 saturated heterocycles. The number of hydrogen-bond acceptors (Lipinski definition) is 6. The number of carbonyl (C=O) groups excluding carboxylic acids is 2. The normalized spacial score (nSPS) is 18.0. The summed E-state index contributed by atoms with van der Waals surface area (Å²) < 4.78 is 10.5. The minimum atomic E-state index is -0.241. The molecule has 1 aromatic heterocycles. The Bertz CT molecular complexity index is 900. The molecule has 7 nitrogen and oxygen atoms in total. The molecule has 2 fully saturated rings. The Morgan fingerprint density at radius 1 is 1.16 bits per heavy atom. The van der Waals surface area contributed by atoms with E-state index in [4.69, 9.17) is 9.47 Å². The number of nitrogens with zero attached hydrogens (tertiary/aromatic N) is 2. The molecule has 2 heterocycles. The maximum atomic E-state index is 12.9. The quantitative estimate of drug-likeness (QED) is 0.701. The molecule has 1 aliphatic heterocycles. The first-order valence-corrected chi connectivity index (χ1v) is 11.7. The van der Waals surface area contributed by atoms with Crippen molar-refractivity contribution in [2.24, 2.45) is 5.41 Å². The molecular formula is C23H29N3O4S. The number of amides is 2. The lowest BCUT2D eigenvalue weighted by atomic mass is 9.78. The first kappa shape index (κ1) is 21.8. The number of ether oxygens (including phenoxy) is 2. The average Bonchev–Trinajstić information content (AvgIpc) is 3.44. The van der Waals surface area contributed by atoms with Crippen LogP contribution in [0.15, 0.2) is 29.6 Å². The number of thiazole rings is 1. The summed E-state index contributed by atoms with van der Waals surface area (Å²) in [5, 5.41) is 5.48. The highest BCUT2D eigenvalue weighted by Gasteiger charge is 2.39. The molecule has 1 aromatic carbocycles. The van der Waals surface area contributed by atoms with Gasteiger partial charge in [0.15, 0.2) is 5.13 Å². The van der Waals surface area contributed by atoms with Gasteiger partial charge in [0.1, 0.15) is 5.75 Å². The second-order valence-corrected chi connectivity index (χ2v) is 9.23. The van der Waals surface area contributed by atoms with E-state index >= 15 is 0 Å². The van der Waals surface area contributed by atoms with E-state index in [2.05, 4.69) is 10.3 Å². The fourth-order valence-corrected chi connectivity index (χ4v) is 5.25. The van der Waals surface area contributed by atoms with Gasteiger partial charge in [-0.3, -0.25) is 9.59 Å². The minimum absolute atomic E-state index is 0.0627. The first-order chi connectivity index (χ1) is 15.1. The monoisotopic (exact) mass is 443 g/mol. The molecule has 0 atom stereocenters. The van der Waals surface area contributed by atoms with Crippen molar-refractivity contribution < 1.29 is 19.1 Å². The number of hydrogen-bond donors (Lipinski definition) is 1. The van der Waals surface area contributed by atoms with Crippen LogP contribution in [0.3, 0.4) is 0 Å². The Kier molecular flexibility index (Phi) is 6.87. The zero-order chi connectivity index (χ0) is 21.7. The van der Waals surface area contributed by atoms with E-state index in [1.165, 1.54) is 11.3 Å². The number of benzene rings is 1. The van der Waals surface area contributed by atoms with Crippen molar-refractivity contribution in [3.05, 3.63) is 29.6 Å². The Morgan fingerprint density at radius 3 is 2.55 bits per heavy atom. The Hall–Kier alpha value is -2.45. The molecule has 2 aliphatic rings. The summed E-state index contributed by atoms with van der Waals surface area (Å²) in [7, 11) is 1.64. The van der Waals surface area contributed by atoms with Crippen LogP contribution in [-0.4, -0.2) is 55.1 Å². The van der Waals surface area contributed by atoms with Crippen molar-refractivity contribution in [2.75, 3.05) is 38.7 Å². The summed E-state index contributed by atoms with van der Waals surface area (Å²) in [6.45, 7) is 2.49. The van der Waals surface area contributed by atoms with Gasteiger partial charge in [-0.1, -0.05) is 12.8 Å². The summed E-state index contributed by atoms with van der Waals surface area (Å²) in [5.41, 5.74) is 1.55. The molecule has 0 bridgehead atoms. The number of morpholine rings is 1. The smallest absolute Gasteiger partial charge is 0.226 e. The molecule has 166 valence electrons. The number of carbonyl (C=O) groups is 2. The molecule has 4 rings (SSSR count). The second-order valence-electron chi connectivity index (χ2n) is 8.37. The first-order valence-electron chi connectivity index (χ1n) is 10.8. The molecule has 8 heteroatoms. The van der Waals surface area contributed by atoms with Gasteiger partial charge in [0.25, 0.3) is 0 Å². The van der Waals surface area contributed by atoms with E-state index in [1.54, 1.807) is 7.11 Å². The van der Waals surface area contributed by atoms with Crippen LogP contribution in [0.4, 0.5) is 5.13 Å². The third-order valence-electron chi connectivity index (χ3n) is 6.23. The summed E-state index contributed by atoms with van der Waals surface area (Å²) in [6.07, 6.45) is 4.79. The van der Waals surface area contributed by atoms with Gasteiger partial charge in [-0.2, -0.15) is 0 Å². The predicted octanol–water partition coefficient (Wildman–Crippen LogP) is 3.96. The number of aromatic nitrogens is 1. The molecule has 0 radical (unpaired) electrons. The van der Waals surface area contributed by atoms with Crippen molar-refractivity contribution in [3.8, 4) is 17.0 Å². The third-order valence-corrected chi connectivity index (χ3v) is 6.98. The van der Waals surface area contributed by atoms with Crippen molar-refractivity contribution in [2.45, 2.75) is 38.5 Å². The van der Waals surface area contributed by atoms with Crippen LogP contribution in [0, 0.1) is 5.41 Å². The average molecular weight is 444 g/mol. The standard InChI is InChI=1S/C23H29N3O4S/c1-29-18-6-4-17(5-7-18)19-16-31-22(24-19)25-20(27)14-23(8-2-3-9-23)15-21(28)26-10-12-30-13-11-26/h4-7,16H,2-3,8-15H2,1H3,(H,24,25,27). The lowest BCUT2D eigenvalue weighted by Gasteiger charge is -2.33. The fraction of sp³-hybridized carbons (Fsp3) is 0.522. The van der Waals surface area contributed by atoms with E-state index < -0.39 is 0 Å². The summed E-state index contributed by atoms with van der Waals surface area (Å²) in [4.78, 5) is 32.1. The number of nitrogens with one attached hydrogen (secondary N) is 1. The molecule has 0 spiro atoms. The van der Waals surface area contributed by atoms with E-state index in [1.807, 2.05) is 34.5 Å². The fourth-order valence-electron chi connectivity index (χ4n) is 4.52. The molecule has 1 N–H and O–H groups in total. The Balaban J connectivity index is 1.37. The summed E-state index contributed by atoms with van der Waals surface area (Å²) >= 11 is 1.41. The number of rotatable bonds is 7. The van der Waals surface area contributed by atoms with Crippen molar-refractivity contribution in [1.29, 1.82) is 0 Å². The molecule has 2 aromatic rings. The van der Waals surface area contributed by atoms with E-state index in [0.717, 1.165) is 42.7 Å². The van der Waals surface area contributed by atoms with Crippen LogP contribution in [0.25, 0.3) is 11.3 Å². The van der Waals surface area contributed by atoms with Gasteiger partial charge in [0.05, 0.1) is 26.0 Å². The summed E-state index contributed by atoms with van der Waals surface area (Å²) in [5.74, 6) is 0.877. The van der Waals surface area contributed by atoms with Crippen LogP contribution < -0.4 is 10.1 Å². The van der Waals surface area contributed by atoms with Crippen LogP contribution in [0.2, 0.25) is 0 Å².